The molecule has 4 nitrogen and oxygen atoms in total. The molecule has 0 aromatic heterocycles. The lowest BCUT2D eigenvalue weighted by Gasteiger charge is -2.36. The van der Waals surface area contributed by atoms with Gasteiger partial charge in [0.05, 0.1) is 18.0 Å². The number of fused-ring (bicyclic) bond motifs is 2. The predicted molar refractivity (Wildman–Crippen MR) is 121 cm³/mol. The molecule has 2 aromatic rings. The average Bonchev–Trinajstić information content (AvgIpc) is 2.69. The molecule has 4 rings (SSSR count). The summed E-state index contributed by atoms with van der Waals surface area (Å²) in [6.45, 7) is 7.63. The maximum Gasteiger partial charge on any atom is 0.0563 e. The minimum Gasteiger partial charge on any atom is -0.395 e. The smallest absolute Gasteiger partial charge is 0.0563 e. The highest BCUT2D eigenvalue weighted by Crippen LogP contribution is 2.48. The second-order valence-electron chi connectivity index (χ2n) is 7.09. The molecule has 0 radical (unpaired) electrons. The van der Waals surface area contributed by atoms with Gasteiger partial charge in [0.25, 0.3) is 0 Å². The van der Waals surface area contributed by atoms with Gasteiger partial charge in [-0.2, -0.15) is 0 Å². The number of piperazine rings is 1. The number of rotatable bonds is 6. The number of β-amino-alcohol motifs (C(OH)–C–C–N with tert-alkyl or cyclic N) is 1. The topological polar surface area (TPSA) is 30.0 Å². The van der Waals surface area contributed by atoms with Gasteiger partial charge in [-0.25, -0.2) is 0 Å². The minimum atomic E-state index is 0.268. The van der Waals surface area contributed by atoms with Gasteiger partial charge in [-0.3, -0.25) is 4.90 Å². The summed E-state index contributed by atoms with van der Waals surface area (Å²) in [6, 6.07) is 15.5. The monoisotopic (exact) mass is 495 g/mol. The highest BCUT2D eigenvalue weighted by Gasteiger charge is 2.23. The molecular weight excluding hydrogens is 469 g/mol. The summed E-state index contributed by atoms with van der Waals surface area (Å²) in [4.78, 5) is 10.1. The normalized spacial score (nSPS) is 17.6. The van der Waals surface area contributed by atoms with Crippen LogP contribution in [-0.2, 0) is 0 Å². The number of benzene rings is 2. The number of hydrogen-bond acceptors (Lipinski definition) is 5. The third-order valence-electron chi connectivity index (χ3n) is 5.32. The lowest BCUT2D eigenvalue weighted by atomic mass is 10.2. The molecule has 0 spiro atoms. The Labute approximate surface area is 179 Å². The molecule has 2 aromatic carbocycles. The van der Waals surface area contributed by atoms with E-state index in [9.17, 15) is 0 Å². The van der Waals surface area contributed by atoms with E-state index in [0.717, 1.165) is 52.2 Å². The van der Waals surface area contributed by atoms with Gasteiger partial charge in [0.15, 0.2) is 0 Å². The Kier molecular flexibility index (Phi) is 6.60. The van der Waals surface area contributed by atoms with Crippen molar-refractivity contribution in [3.05, 3.63) is 46.0 Å². The van der Waals surface area contributed by atoms with Crippen LogP contribution in [-0.4, -0.2) is 67.3 Å². The van der Waals surface area contributed by atoms with Crippen LogP contribution in [0.3, 0.4) is 0 Å². The van der Waals surface area contributed by atoms with Crippen molar-refractivity contribution in [2.24, 2.45) is 0 Å². The van der Waals surface area contributed by atoms with E-state index in [0.29, 0.717) is 0 Å². The molecular formula is C21H26IN3OS. The summed E-state index contributed by atoms with van der Waals surface area (Å²) in [6.07, 6.45) is 1.16. The van der Waals surface area contributed by atoms with E-state index in [1.54, 1.807) is 0 Å². The van der Waals surface area contributed by atoms with Crippen molar-refractivity contribution in [3.63, 3.8) is 0 Å². The number of halogens is 1. The molecule has 144 valence electrons. The highest BCUT2D eigenvalue weighted by atomic mass is 127. The number of hydrogen-bond donors (Lipinski definition) is 1. The third-order valence-corrected chi connectivity index (χ3v) is 7.13. The Morgan fingerprint density at radius 1 is 0.852 bits per heavy atom. The summed E-state index contributed by atoms with van der Waals surface area (Å²) in [5.41, 5.74) is 2.68. The van der Waals surface area contributed by atoms with Crippen molar-refractivity contribution < 1.29 is 5.11 Å². The molecule has 0 unspecified atom stereocenters. The van der Waals surface area contributed by atoms with E-state index in [2.05, 4.69) is 79.8 Å². The van der Waals surface area contributed by atoms with Crippen molar-refractivity contribution in [1.82, 2.24) is 9.80 Å². The first kappa shape index (κ1) is 19.5. The van der Waals surface area contributed by atoms with Crippen molar-refractivity contribution >= 4 is 45.7 Å². The molecule has 2 aliphatic rings. The fourth-order valence-electron chi connectivity index (χ4n) is 3.87. The Balaban J connectivity index is 1.41. The third kappa shape index (κ3) is 4.62. The first-order chi connectivity index (χ1) is 13.2. The maximum atomic E-state index is 9.09. The van der Waals surface area contributed by atoms with E-state index in [4.69, 9.17) is 5.11 Å². The van der Waals surface area contributed by atoms with Gasteiger partial charge in [-0.1, -0.05) is 23.9 Å². The van der Waals surface area contributed by atoms with E-state index in [1.165, 1.54) is 24.7 Å². The fourth-order valence-corrected chi connectivity index (χ4v) is 5.42. The van der Waals surface area contributed by atoms with Crippen LogP contribution in [0.1, 0.15) is 6.42 Å². The van der Waals surface area contributed by atoms with Gasteiger partial charge in [0.1, 0.15) is 0 Å². The van der Waals surface area contributed by atoms with Gasteiger partial charge in [0, 0.05) is 52.6 Å². The van der Waals surface area contributed by atoms with Gasteiger partial charge >= 0.3 is 0 Å². The molecule has 1 saturated heterocycles. The van der Waals surface area contributed by atoms with Gasteiger partial charge in [-0.05, 0) is 65.9 Å². The number of aliphatic hydroxyl groups is 1. The lowest BCUT2D eigenvalue weighted by Crippen LogP contribution is -2.47. The van der Waals surface area contributed by atoms with Crippen LogP contribution in [0.5, 0.6) is 0 Å². The summed E-state index contributed by atoms with van der Waals surface area (Å²) in [5, 5.41) is 9.09. The zero-order valence-electron chi connectivity index (χ0n) is 15.5. The highest BCUT2D eigenvalue weighted by molar-refractivity contribution is 14.1. The number of anilines is 2. The Hall–Kier alpha value is -0.800. The fraction of sp³-hybridized carbons (Fsp3) is 0.429. The van der Waals surface area contributed by atoms with Crippen LogP contribution in [0.2, 0.25) is 0 Å². The zero-order chi connectivity index (χ0) is 18.6. The summed E-state index contributed by atoms with van der Waals surface area (Å²) in [5.74, 6) is 0. The van der Waals surface area contributed by atoms with E-state index < -0.39 is 0 Å². The number of nitrogens with zero attached hydrogens (tertiary/aromatic N) is 3. The van der Waals surface area contributed by atoms with Crippen molar-refractivity contribution in [3.8, 4) is 0 Å². The maximum absolute atomic E-state index is 9.09. The summed E-state index contributed by atoms with van der Waals surface area (Å²) >= 11 is 4.29. The molecule has 0 amide bonds. The molecule has 0 aliphatic carbocycles. The quantitative estimate of drug-likeness (QED) is 0.615. The molecule has 0 bridgehead atoms. The second kappa shape index (κ2) is 9.13. The van der Waals surface area contributed by atoms with Crippen LogP contribution < -0.4 is 4.90 Å². The van der Waals surface area contributed by atoms with Crippen LogP contribution in [0.4, 0.5) is 11.4 Å². The molecule has 1 N–H and O–H groups in total. The first-order valence-corrected chi connectivity index (χ1v) is 11.5. The Morgan fingerprint density at radius 2 is 1.56 bits per heavy atom. The minimum absolute atomic E-state index is 0.268. The van der Waals surface area contributed by atoms with Crippen molar-refractivity contribution in [1.29, 1.82) is 0 Å². The van der Waals surface area contributed by atoms with Crippen LogP contribution in [0, 0.1) is 3.57 Å². The first-order valence-electron chi connectivity index (χ1n) is 9.64. The number of aliphatic hydroxyl groups excluding tert-OH is 1. The number of para-hydroxylation sites is 1. The summed E-state index contributed by atoms with van der Waals surface area (Å²) < 4.78 is 1.29. The Morgan fingerprint density at radius 3 is 2.33 bits per heavy atom. The largest absolute Gasteiger partial charge is 0.395 e. The Bertz CT molecular complexity index is 780. The lowest BCUT2D eigenvalue weighted by molar-refractivity contribution is 0.112. The molecule has 27 heavy (non-hydrogen) atoms. The molecule has 0 saturated carbocycles. The average molecular weight is 495 g/mol. The van der Waals surface area contributed by atoms with E-state index in [-0.39, 0.29) is 6.61 Å². The molecule has 2 heterocycles. The molecule has 6 heteroatoms. The van der Waals surface area contributed by atoms with Crippen LogP contribution >= 0.6 is 34.4 Å². The van der Waals surface area contributed by atoms with Gasteiger partial charge in [-0.15, -0.1) is 0 Å². The van der Waals surface area contributed by atoms with Crippen LogP contribution in [0.15, 0.2) is 52.3 Å². The van der Waals surface area contributed by atoms with E-state index in [1.807, 2.05) is 11.8 Å². The standard InChI is InChI=1S/C21H26IN3OS/c22-17-6-7-21-19(16-17)25(18-4-1-2-5-20(18)27-21)9-3-8-23-10-12-24(13-11-23)14-15-26/h1-2,4-7,16,26H,3,8-15H2. The van der Waals surface area contributed by atoms with E-state index >= 15 is 0 Å². The van der Waals surface area contributed by atoms with Gasteiger partial charge in [0.2, 0.25) is 0 Å². The molecule has 0 atom stereocenters. The molecule has 1 fully saturated rings. The van der Waals surface area contributed by atoms with Crippen molar-refractivity contribution in [2.45, 2.75) is 16.2 Å². The molecule has 2 aliphatic heterocycles. The van der Waals surface area contributed by atoms with Gasteiger partial charge < -0.3 is 14.9 Å². The zero-order valence-corrected chi connectivity index (χ0v) is 18.5. The SMILES string of the molecule is OCCN1CCN(CCCN2c3ccccc3Sc3ccc(I)cc32)CC1. The second-order valence-corrected chi connectivity index (χ2v) is 9.42. The summed E-state index contributed by atoms with van der Waals surface area (Å²) in [7, 11) is 0. The predicted octanol–water partition coefficient (Wildman–Crippen LogP) is 3.89. The van der Waals surface area contributed by atoms with Crippen molar-refractivity contribution in [2.75, 3.05) is 57.3 Å². The van der Waals surface area contributed by atoms with Crippen LogP contribution in [0.25, 0.3) is 0 Å².